The quantitative estimate of drug-likeness (QED) is 0.222. The second-order valence-corrected chi connectivity index (χ2v) is 11.2. The minimum atomic E-state index is -1.02. The molecule has 1 spiro atoms. The predicted octanol–water partition coefficient (Wildman–Crippen LogP) is 3.24. The van der Waals surface area contributed by atoms with Gasteiger partial charge in [-0.2, -0.15) is 0 Å². The largest absolute Gasteiger partial charge is 0.465 e. The van der Waals surface area contributed by atoms with Crippen molar-refractivity contribution >= 4 is 17.8 Å². The van der Waals surface area contributed by atoms with Gasteiger partial charge < -0.3 is 24.4 Å². The molecule has 0 saturated carbocycles. The molecule has 2 unspecified atom stereocenters. The number of nitrogens with zero attached hydrogens (tertiary/aromatic N) is 2. The number of aliphatic hydroxyl groups is 1. The second kappa shape index (κ2) is 11.9. The van der Waals surface area contributed by atoms with Crippen molar-refractivity contribution in [1.82, 2.24) is 9.80 Å². The van der Waals surface area contributed by atoms with Crippen LogP contribution in [0.2, 0.25) is 0 Å². The van der Waals surface area contributed by atoms with E-state index in [0.29, 0.717) is 45.4 Å². The van der Waals surface area contributed by atoms with Gasteiger partial charge in [-0.1, -0.05) is 12.2 Å². The second-order valence-electron chi connectivity index (χ2n) is 11.2. The third kappa shape index (κ3) is 5.40. The lowest BCUT2D eigenvalue weighted by Crippen LogP contribution is -2.59. The first kappa shape index (κ1) is 28.4. The molecule has 0 aromatic carbocycles. The average molecular weight is 505 g/mol. The lowest BCUT2D eigenvalue weighted by Gasteiger charge is -2.42. The molecule has 3 aliphatic heterocycles. The van der Waals surface area contributed by atoms with Crippen molar-refractivity contribution in [3.8, 4) is 0 Å². The Hall–Kier alpha value is -2.19. The van der Waals surface area contributed by atoms with Crippen molar-refractivity contribution in [2.24, 2.45) is 11.8 Å². The highest BCUT2D eigenvalue weighted by Gasteiger charge is 2.75. The highest BCUT2D eigenvalue weighted by Crippen LogP contribution is 2.59. The zero-order valence-electron chi connectivity index (χ0n) is 22.2. The number of unbranched alkanes of at least 4 members (excludes halogenated alkanes) is 4. The van der Waals surface area contributed by atoms with Crippen LogP contribution in [0.5, 0.6) is 0 Å². The molecular weight excluding hydrogens is 460 g/mol. The molecule has 202 valence electrons. The maximum absolute atomic E-state index is 14.1. The van der Waals surface area contributed by atoms with Gasteiger partial charge in [-0.05, 0) is 72.1 Å². The van der Waals surface area contributed by atoms with Crippen LogP contribution >= 0.6 is 0 Å². The van der Waals surface area contributed by atoms with E-state index in [-0.39, 0.29) is 18.4 Å². The molecule has 3 heterocycles. The molecule has 2 amide bonds. The summed E-state index contributed by atoms with van der Waals surface area (Å²) in [4.78, 5) is 44.6. The zero-order valence-corrected chi connectivity index (χ0v) is 22.2. The number of likely N-dealkylation sites (tertiary alicyclic amines) is 1. The molecule has 36 heavy (non-hydrogen) atoms. The van der Waals surface area contributed by atoms with Crippen LogP contribution in [0.1, 0.15) is 72.1 Å². The summed E-state index contributed by atoms with van der Waals surface area (Å²) >= 11 is 0. The molecule has 3 fully saturated rings. The Labute approximate surface area is 215 Å². The Morgan fingerprint density at radius 1 is 1.19 bits per heavy atom. The van der Waals surface area contributed by atoms with E-state index in [1.165, 1.54) is 0 Å². The summed E-state index contributed by atoms with van der Waals surface area (Å²) < 4.78 is 12.1. The number of amides is 2. The molecule has 2 bridgehead atoms. The fourth-order valence-electron chi connectivity index (χ4n) is 6.14. The highest BCUT2D eigenvalue weighted by atomic mass is 16.6. The van der Waals surface area contributed by atoms with Crippen LogP contribution in [0.25, 0.3) is 0 Å². The SMILES string of the molecule is C=CCCCCOC(=O)[C@@H]1[C@@H]2CCC3(O2)C(C(=O)N(CC=C)C(C)(C)C)N(CCCCCO)C(=O)[C@H]13. The normalized spacial score (nSPS) is 28.8. The molecule has 0 aromatic heterocycles. The van der Waals surface area contributed by atoms with E-state index in [1.54, 1.807) is 15.9 Å². The van der Waals surface area contributed by atoms with Crippen LogP contribution in [-0.2, 0) is 23.9 Å². The minimum Gasteiger partial charge on any atom is -0.465 e. The third-order valence-electron chi connectivity index (χ3n) is 7.80. The van der Waals surface area contributed by atoms with Gasteiger partial charge in [0.2, 0.25) is 11.8 Å². The molecule has 3 rings (SSSR count). The number of rotatable bonds is 14. The van der Waals surface area contributed by atoms with E-state index in [2.05, 4.69) is 13.2 Å². The van der Waals surface area contributed by atoms with Crippen molar-refractivity contribution in [3.63, 3.8) is 0 Å². The van der Waals surface area contributed by atoms with E-state index in [4.69, 9.17) is 9.47 Å². The van der Waals surface area contributed by atoms with Gasteiger partial charge in [-0.25, -0.2) is 0 Å². The monoisotopic (exact) mass is 504 g/mol. The number of hydrogen-bond donors (Lipinski definition) is 1. The number of carbonyl (C=O) groups excluding carboxylic acids is 3. The summed E-state index contributed by atoms with van der Waals surface area (Å²) in [6.45, 7) is 14.6. The van der Waals surface area contributed by atoms with Crippen LogP contribution in [-0.4, -0.2) is 82.3 Å². The topological polar surface area (TPSA) is 96.4 Å². The van der Waals surface area contributed by atoms with Gasteiger partial charge in [0.05, 0.1) is 24.5 Å². The predicted molar refractivity (Wildman–Crippen MR) is 137 cm³/mol. The molecule has 8 heteroatoms. The van der Waals surface area contributed by atoms with E-state index < -0.39 is 41.1 Å². The molecule has 1 N–H and O–H groups in total. The van der Waals surface area contributed by atoms with Crippen LogP contribution in [0.3, 0.4) is 0 Å². The zero-order chi connectivity index (χ0) is 26.5. The number of aliphatic hydroxyl groups excluding tert-OH is 1. The van der Waals surface area contributed by atoms with E-state index in [0.717, 1.165) is 25.7 Å². The molecule has 0 aliphatic carbocycles. The fraction of sp³-hybridized carbons (Fsp3) is 0.750. The van der Waals surface area contributed by atoms with Crippen LogP contribution in [0, 0.1) is 11.8 Å². The first-order valence-electron chi connectivity index (χ1n) is 13.4. The fourth-order valence-corrected chi connectivity index (χ4v) is 6.14. The summed E-state index contributed by atoms with van der Waals surface area (Å²) in [5, 5.41) is 9.18. The Morgan fingerprint density at radius 3 is 2.58 bits per heavy atom. The van der Waals surface area contributed by atoms with Gasteiger partial charge >= 0.3 is 5.97 Å². The Kier molecular flexibility index (Phi) is 9.39. The van der Waals surface area contributed by atoms with E-state index >= 15 is 0 Å². The molecule has 0 aromatic rings. The number of allylic oxidation sites excluding steroid dienone is 1. The summed E-state index contributed by atoms with van der Waals surface area (Å²) in [6.07, 6.45) is 8.84. The Morgan fingerprint density at radius 2 is 1.94 bits per heavy atom. The summed E-state index contributed by atoms with van der Waals surface area (Å²) in [6, 6.07) is -0.793. The van der Waals surface area contributed by atoms with Crippen molar-refractivity contribution in [2.45, 2.75) is 95.4 Å². The molecule has 5 atom stereocenters. The van der Waals surface area contributed by atoms with Gasteiger partial charge in [0.1, 0.15) is 11.6 Å². The summed E-state index contributed by atoms with van der Waals surface area (Å²) in [7, 11) is 0. The lowest BCUT2D eigenvalue weighted by molar-refractivity contribution is -0.156. The summed E-state index contributed by atoms with van der Waals surface area (Å²) in [5.74, 6) is -2.16. The summed E-state index contributed by atoms with van der Waals surface area (Å²) in [5.41, 5.74) is -1.50. The van der Waals surface area contributed by atoms with Gasteiger partial charge in [-0.15, -0.1) is 13.2 Å². The maximum atomic E-state index is 14.1. The number of esters is 1. The van der Waals surface area contributed by atoms with Crippen LogP contribution in [0.4, 0.5) is 0 Å². The van der Waals surface area contributed by atoms with Gasteiger partial charge in [-0.3, -0.25) is 14.4 Å². The first-order valence-corrected chi connectivity index (χ1v) is 13.4. The first-order chi connectivity index (χ1) is 17.1. The molecule has 0 radical (unpaired) electrons. The van der Waals surface area contributed by atoms with Crippen molar-refractivity contribution in [2.75, 3.05) is 26.3 Å². The molecule has 8 nitrogen and oxygen atoms in total. The number of ether oxygens (including phenoxy) is 2. The molecule has 3 aliphatic rings. The highest BCUT2D eigenvalue weighted by molar-refractivity contribution is 5.98. The van der Waals surface area contributed by atoms with Crippen molar-refractivity contribution < 1.29 is 29.0 Å². The molecular formula is C28H44N2O6. The molecule has 3 saturated heterocycles. The number of carbonyl (C=O) groups is 3. The van der Waals surface area contributed by atoms with Crippen molar-refractivity contribution in [1.29, 1.82) is 0 Å². The Balaban J connectivity index is 1.89. The lowest BCUT2D eigenvalue weighted by atomic mass is 9.70. The van der Waals surface area contributed by atoms with Gasteiger partial charge in [0.15, 0.2) is 0 Å². The van der Waals surface area contributed by atoms with E-state index in [9.17, 15) is 19.5 Å². The smallest absolute Gasteiger partial charge is 0.312 e. The van der Waals surface area contributed by atoms with Gasteiger partial charge in [0, 0.05) is 25.2 Å². The maximum Gasteiger partial charge on any atom is 0.312 e. The Bertz CT molecular complexity index is 836. The van der Waals surface area contributed by atoms with Crippen LogP contribution < -0.4 is 0 Å². The van der Waals surface area contributed by atoms with Crippen molar-refractivity contribution in [3.05, 3.63) is 25.3 Å². The van der Waals surface area contributed by atoms with E-state index in [1.807, 2.05) is 26.8 Å². The minimum absolute atomic E-state index is 0.0888. The average Bonchev–Trinajstić information content (AvgIpc) is 3.46. The standard InChI is InChI=1S/C28H44N2O6/c1-6-8-9-13-19-35-26(34)21-20-14-15-28(36-20)22(21)24(32)29(17-11-10-12-18-31)23(28)25(33)30(16-7-2)27(3,4)5/h6-7,20-23,31H,1-2,8-19H2,3-5H3/t20-,21+,22-,23?,28?/m0/s1. The third-order valence-corrected chi connectivity index (χ3v) is 7.80. The van der Waals surface area contributed by atoms with Gasteiger partial charge in [0.25, 0.3) is 0 Å². The number of fused-ring (bicyclic) bond motifs is 1. The number of hydrogen-bond acceptors (Lipinski definition) is 6. The van der Waals surface area contributed by atoms with Crippen LogP contribution in [0.15, 0.2) is 25.3 Å².